The van der Waals surface area contributed by atoms with Crippen LogP contribution in [0.2, 0.25) is 0 Å². The lowest BCUT2D eigenvalue weighted by Crippen LogP contribution is -2.05. The van der Waals surface area contributed by atoms with Gasteiger partial charge in [-0.1, -0.05) is 24.3 Å². The van der Waals surface area contributed by atoms with E-state index in [-0.39, 0.29) is 12.6 Å². The molecule has 2 N–H and O–H groups in total. The Morgan fingerprint density at radius 3 is 2.70 bits per heavy atom. The molecular weight excluding hydrogens is 256 g/mol. The summed E-state index contributed by atoms with van der Waals surface area (Å²) in [5, 5.41) is 12.4. The van der Waals surface area contributed by atoms with Crippen LogP contribution < -0.4 is 10.9 Å². The number of hydrogen-bond donors (Lipinski definition) is 2. The molecule has 0 aliphatic rings. The smallest absolute Gasteiger partial charge is 0.348 e. The first-order chi connectivity index (χ1) is 9.76. The fourth-order valence-electron chi connectivity index (χ4n) is 1.92. The van der Waals surface area contributed by atoms with E-state index >= 15 is 0 Å². The second kappa shape index (κ2) is 5.14. The predicted molar refractivity (Wildman–Crippen MR) is 75.9 cm³/mol. The Hall–Kier alpha value is -2.66. The normalized spacial score (nSPS) is 10.7. The number of para-hydroxylation sites is 1. The number of fused-ring (bicyclic) bond motifs is 1. The van der Waals surface area contributed by atoms with E-state index in [2.05, 4.69) is 10.3 Å². The largest absolute Gasteiger partial charge is 0.392 e. The van der Waals surface area contributed by atoms with Crippen LogP contribution in [0.4, 0.5) is 11.7 Å². The number of hydrogen-bond acceptors (Lipinski definition) is 5. The molecule has 5 heteroatoms. The molecule has 20 heavy (non-hydrogen) atoms. The summed E-state index contributed by atoms with van der Waals surface area (Å²) in [6.45, 7) is -0.126. The molecule has 0 fully saturated rings. The second-order valence-corrected chi connectivity index (χ2v) is 4.31. The van der Waals surface area contributed by atoms with Gasteiger partial charge in [0.25, 0.3) is 0 Å². The Morgan fingerprint density at radius 2 is 1.95 bits per heavy atom. The molecule has 3 aromatic rings. The van der Waals surface area contributed by atoms with Crippen LogP contribution in [-0.4, -0.2) is 10.1 Å². The maximum absolute atomic E-state index is 11.9. The molecule has 3 rings (SSSR count). The lowest BCUT2D eigenvalue weighted by atomic mass is 10.1. The van der Waals surface area contributed by atoms with Crippen molar-refractivity contribution in [1.29, 1.82) is 0 Å². The standard InChI is InChI=1S/C15H12N2O3/c18-9-10-6-7-13-12(8-10)14(19)20-15(17-13)16-11-4-2-1-3-5-11/h1-8,18H,9H2,(H,16,17). The molecule has 0 radical (unpaired) electrons. The fraction of sp³-hybridized carbons (Fsp3) is 0.0667. The van der Waals surface area contributed by atoms with Crippen molar-refractivity contribution in [2.45, 2.75) is 6.61 Å². The van der Waals surface area contributed by atoms with Crippen molar-refractivity contribution < 1.29 is 9.52 Å². The number of anilines is 2. The van der Waals surface area contributed by atoms with Crippen LogP contribution in [0, 0.1) is 0 Å². The van der Waals surface area contributed by atoms with E-state index in [1.807, 2.05) is 30.3 Å². The highest BCUT2D eigenvalue weighted by Gasteiger charge is 2.07. The fourth-order valence-corrected chi connectivity index (χ4v) is 1.92. The van der Waals surface area contributed by atoms with E-state index in [1.54, 1.807) is 18.2 Å². The first-order valence-corrected chi connectivity index (χ1v) is 6.13. The van der Waals surface area contributed by atoms with Crippen molar-refractivity contribution >= 4 is 22.6 Å². The van der Waals surface area contributed by atoms with Crippen molar-refractivity contribution in [3.63, 3.8) is 0 Å². The number of nitrogens with zero attached hydrogens (tertiary/aromatic N) is 1. The highest BCUT2D eigenvalue weighted by Crippen LogP contribution is 2.16. The molecular formula is C15H12N2O3. The molecule has 0 spiro atoms. The molecule has 0 aliphatic heterocycles. The number of nitrogens with one attached hydrogen (secondary N) is 1. The molecule has 1 aromatic heterocycles. The van der Waals surface area contributed by atoms with Gasteiger partial charge in [-0.15, -0.1) is 0 Å². The quantitative estimate of drug-likeness (QED) is 0.763. The zero-order valence-electron chi connectivity index (χ0n) is 10.5. The first kappa shape index (κ1) is 12.4. The third-order valence-electron chi connectivity index (χ3n) is 2.90. The summed E-state index contributed by atoms with van der Waals surface area (Å²) in [6, 6.07) is 14.5. The monoisotopic (exact) mass is 268 g/mol. The summed E-state index contributed by atoms with van der Waals surface area (Å²) in [5.41, 5.74) is 1.48. The Labute approximate surface area is 114 Å². The zero-order chi connectivity index (χ0) is 13.9. The van der Waals surface area contributed by atoms with E-state index < -0.39 is 5.63 Å². The third kappa shape index (κ3) is 2.39. The molecule has 0 saturated carbocycles. The maximum atomic E-state index is 11.9. The molecule has 0 atom stereocenters. The van der Waals surface area contributed by atoms with Gasteiger partial charge in [0.2, 0.25) is 0 Å². The molecule has 100 valence electrons. The third-order valence-corrected chi connectivity index (χ3v) is 2.90. The Morgan fingerprint density at radius 1 is 1.15 bits per heavy atom. The van der Waals surface area contributed by atoms with Gasteiger partial charge in [-0.2, -0.15) is 4.98 Å². The van der Waals surface area contributed by atoms with Gasteiger partial charge in [-0.25, -0.2) is 4.79 Å². The van der Waals surface area contributed by atoms with Gasteiger partial charge in [0.05, 0.1) is 17.5 Å². The van der Waals surface area contributed by atoms with Gasteiger partial charge in [0.1, 0.15) is 0 Å². The average Bonchev–Trinajstić information content (AvgIpc) is 2.48. The van der Waals surface area contributed by atoms with Crippen molar-refractivity contribution in [2.24, 2.45) is 0 Å². The van der Waals surface area contributed by atoms with Crippen molar-refractivity contribution in [3.05, 3.63) is 64.5 Å². The minimum Gasteiger partial charge on any atom is -0.392 e. The summed E-state index contributed by atoms with van der Waals surface area (Å²) >= 11 is 0. The number of aromatic nitrogens is 1. The molecule has 1 heterocycles. The summed E-state index contributed by atoms with van der Waals surface area (Å²) in [7, 11) is 0. The lowest BCUT2D eigenvalue weighted by molar-refractivity contribution is 0.282. The van der Waals surface area contributed by atoms with Crippen LogP contribution in [0.1, 0.15) is 5.56 Å². The Kier molecular flexibility index (Phi) is 3.18. The van der Waals surface area contributed by atoms with Crippen molar-refractivity contribution in [1.82, 2.24) is 4.98 Å². The van der Waals surface area contributed by atoms with Crippen molar-refractivity contribution in [2.75, 3.05) is 5.32 Å². The molecule has 0 aliphatic carbocycles. The van der Waals surface area contributed by atoms with E-state index in [1.165, 1.54) is 0 Å². The second-order valence-electron chi connectivity index (χ2n) is 4.31. The summed E-state index contributed by atoms with van der Waals surface area (Å²) < 4.78 is 5.13. The molecule has 0 amide bonds. The van der Waals surface area contributed by atoms with Gasteiger partial charge >= 0.3 is 11.6 Å². The van der Waals surface area contributed by atoms with Crippen molar-refractivity contribution in [3.8, 4) is 0 Å². The van der Waals surface area contributed by atoms with E-state index in [0.29, 0.717) is 16.5 Å². The summed E-state index contributed by atoms with van der Waals surface area (Å²) in [4.78, 5) is 16.2. The molecule has 0 unspecified atom stereocenters. The van der Waals surface area contributed by atoms with Gasteiger partial charge in [-0.3, -0.25) is 0 Å². The molecule has 2 aromatic carbocycles. The van der Waals surface area contributed by atoms with Crippen LogP contribution in [0.25, 0.3) is 10.9 Å². The first-order valence-electron chi connectivity index (χ1n) is 6.13. The SMILES string of the molecule is O=c1oc(Nc2ccccc2)nc2ccc(CO)cc12. The van der Waals surface area contributed by atoms with Crippen LogP contribution in [0.15, 0.2) is 57.7 Å². The minimum absolute atomic E-state index is 0.126. The van der Waals surface area contributed by atoms with E-state index in [4.69, 9.17) is 9.52 Å². The number of benzene rings is 2. The number of aliphatic hydroxyl groups excluding tert-OH is 1. The van der Waals surface area contributed by atoms with Crippen LogP contribution in [-0.2, 0) is 6.61 Å². The number of aliphatic hydroxyl groups is 1. The Balaban J connectivity index is 2.04. The summed E-state index contributed by atoms with van der Waals surface area (Å²) in [5.74, 6) is 0. The maximum Gasteiger partial charge on any atom is 0.348 e. The van der Waals surface area contributed by atoms with E-state index in [0.717, 1.165) is 5.69 Å². The average molecular weight is 268 g/mol. The Bertz CT molecular complexity index is 797. The molecule has 0 saturated heterocycles. The highest BCUT2D eigenvalue weighted by atomic mass is 16.4. The van der Waals surface area contributed by atoms with Gasteiger partial charge in [0.15, 0.2) is 0 Å². The molecule has 5 nitrogen and oxygen atoms in total. The minimum atomic E-state index is -0.483. The van der Waals surface area contributed by atoms with Gasteiger partial charge in [0, 0.05) is 5.69 Å². The van der Waals surface area contributed by atoms with Gasteiger partial charge < -0.3 is 14.8 Å². The zero-order valence-corrected chi connectivity index (χ0v) is 10.5. The van der Waals surface area contributed by atoms with Crippen LogP contribution >= 0.6 is 0 Å². The topological polar surface area (TPSA) is 75.4 Å². The molecule has 0 bridgehead atoms. The van der Waals surface area contributed by atoms with Crippen LogP contribution in [0.5, 0.6) is 0 Å². The summed E-state index contributed by atoms with van der Waals surface area (Å²) in [6.07, 6.45) is 0. The van der Waals surface area contributed by atoms with Crippen LogP contribution in [0.3, 0.4) is 0 Å². The number of rotatable bonds is 3. The van der Waals surface area contributed by atoms with Gasteiger partial charge in [-0.05, 0) is 29.8 Å². The lowest BCUT2D eigenvalue weighted by Gasteiger charge is -2.05. The highest BCUT2D eigenvalue weighted by molar-refractivity contribution is 5.78. The van der Waals surface area contributed by atoms with E-state index in [9.17, 15) is 4.79 Å². The predicted octanol–water partition coefficient (Wildman–Crippen LogP) is 2.42.